The first kappa shape index (κ1) is 17.9. The summed E-state index contributed by atoms with van der Waals surface area (Å²) < 4.78 is 0. The van der Waals surface area contributed by atoms with Crippen LogP contribution in [0.2, 0.25) is 0 Å². The Bertz CT molecular complexity index is 344. The minimum absolute atomic E-state index is 0.544. The normalized spacial score (nSPS) is 12.1. The summed E-state index contributed by atoms with van der Waals surface area (Å²) in [5.41, 5.74) is -1.09. The molecule has 0 aromatic heterocycles. The molecule has 0 unspecified atom stereocenters. The molecule has 0 fully saturated rings. The van der Waals surface area contributed by atoms with Crippen molar-refractivity contribution in [1.82, 2.24) is 10.6 Å². The van der Waals surface area contributed by atoms with Crippen LogP contribution in [0.25, 0.3) is 0 Å². The summed E-state index contributed by atoms with van der Waals surface area (Å²) in [4.78, 5) is 20.3. The molecule has 0 radical (unpaired) electrons. The van der Waals surface area contributed by atoms with Crippen molar-refractivity contribution in [3.63, 3.8) is 0 Å². The lowest BCUT2D eigenvalue weighted by molar-refractivity contribution is -0.480. The molecule has 0 heterocycles. The summed E-state index contributed by atoms with van der Waals surface area (Å²) >= 11 is 0. The van der Waals surface area contributed by atoms with Crippen molar-refractivity contribution >= 4 is 0 Å². The van der Waals surface area contributed by atoms with Gasteiger partial charge in [-0.3, -0.25) is 20.2 Å². The molecule has 0 rings (SSSR count). The van der Waals surface area contributed by atoms with Gasteiger partial charge in [-0.05, 0) is 12.8 Å². The molecule has 0 atom stereocenters. The maximum absolute atomic E-state index is 10.9. The van der Waals surface area contributed by atoms with E-state index in [-0.39, 0.29) is 0 Å². The second-order valence-electron chi connectivity index (χ2n) is 4.19. The van der Waals surface area contributed by atoms with Crippen LogP contribution in [0, 0.1) is 20.2 Å². The number of hydrogen-bond donors (Lipinski definition) is 2. The van der Waals surface area contributed by atoms with Gasteiger partial charge in [0.2, 0.25) is 0 Å². The molecule has 0 aromatic rings. The van der Waals surface area contributed by atoms with Crippen LogP contribution in [0.15, 0.2) is 23.8 Å². The van der Waals surface area contributed by atoms with Gasteiger partial charge >= 0.3 is 11.4 Å². The van der Waals surface area contributed by atoms with Gasteiger partial charge in [-0.2, -0.15) is 0 Å². The van der Waals surface area contributed by atoms with Gasteiger partial charge in [0, 0.05) is 13.1 Å². The predicted molar refractivity (Wildman–Crippen MR) is 76.0 cm³/mol. The summed E-state index contributed by atoms with van der Waals surface area (Å²) in [6, 6.07) is 0. The SMILES string of the molecule is CCCCN/C=C(\C(=C/NCCCC)[N+](=O)[O-])[N+](=O)[O-]. The molecule has 0 saturated carbocycles. The number of nitrogens with one attached hydrogen (secondary N) is 2. The second-order valence-corrected chi connectivity index (χ2v) is 4.19. The Labute approximate surface area is 118 Å². The first-order chi connectivity index (χ1) is 9.54. The highest BCUT2D eigenvalue weighted by Gasteiger charge is 2.28. The van der Waals surface area contributed by atoms with Gasteiger partial charge in [0.15, 0.2) is 0 Å². The minimum Gasteiger partial charge on any atom is -0.385 e. The zero-order chi connectivity index (χ0) is 15.4. The van der Waals surface area contributed by atoms with Crippen molar-refractivity contribution in [3.8, 4) is 0 Å². The molecule has 0 aliphatic heterocycles. The van der Waals surface area contributed by atoms with Crippen LogP contribution in [0.3, 0.4) is 0 Å². The molecule has 0 aromatic carbocycles. The average Bonchev–Trinajstić information content (AvgIpc) is 2.39. The fourth-order valence-electron chi connectivity index (χ4n) is 1.34. The summed E-state index contributed by atoms with van der Waals surface area (Å²) in [5.74, 6) is 0. The Morgan fingerprint density at radius 3 is 1.50 bits per heavy atom. The molecular formula is C12H22N4O4. The molecule has 0 amide bonds. The van der Waals surface area contributed by atoms with Gasteiger partial charge in [0.05, 0.1) is 22.2 Å². The third kappa shape index (κ3) is 7.34. The van der Waals surface area contributed by atoms with E-state index >= 15 is 0 Å². The molecule has 8 heteroatoms. The fourth-order valence-corrected chi connectivity index (χ4v) is 1.34. The zero-order valence-electron chi connectivity index (χ0n) is 11.9. The predicted octanol–water partition coefficient (Wildman–Crippen LogP) is 2.00. The van der Waals surface area contributed by atoms with Gasteiger partial charge in [-0.1, -0.05) is 26.7 Å². The van der Waals surface area contributed by atoms with Crippen LogP contribution < -0.4 is 10.6 Å². The molecule has 20 heavy (non-hydrogen) atoms. The van der Waals surface area contributed by atoms with Crippen LogP contribution in [0.1, 0.15) is 39.5 Å². The van der Waals surface area contributed by atoms with E-state index in [1.54, 1.807) is 0 Å². The first-order valence-corrected chi connectivity index (χ1v) is 6.70. The number of unbranched alkanes of at least 4 members (excludes halogenated alkanes) is 2. The van der Waals surface area contributed by atoms with E-state index in [9.17, 15) is 20.2 Å². The minimum atomic E-state index is -0.755. The maximum atomic E-state index is 10.9. The van der Waals surface area contributed by atoms with Gasteiger partial charge in [0.25, 0.3) is 0 Å². The highest BCUT2D eigenvalue weighted by Crippen LogP contribution is 2.10. The summed E-state index contributed by atoms with van der Waals surface area (Å²) in [6.45, 7) is 5.06. The van der Waals surface area contributed by atoms with Gasteiger partial charge < -0.3 is 10.6 Å². The summed E-state index contributed by atoms with van der Waals surface area (Å²) in [7, 11) is 0. The summed E-state index contributed by atoms with van der Waals surface area (Å²) in [6.07, 6.45) is 5.73. The number of nitrogens with zero attached hydrogens (tertiary/aromatic N) is 2. The zero-order valence-corrected chi connectivity index (χ0v) is 11.9. The Morgan fingerprint density at radius 1 is 0.900 bits per heavy atom. The third-order valence-electron chi connectivity index (χ3n) is 2.48. The monoisotopic (exact) mass is 286 g/mol. The topological polar surface area (TPSA) is 110 Å². The molecule has 0 aliphatic carbocycles. The number of hydrogen-bond acceptors (Lipinski definition) is 6. The molecular weight excluding hydrogens is 264 g/mol. The Hall–Kier alpha value is -2.12. The van der Waals surface area contributed by atoms with Crippen LogP contribution in [-0.4, -0.2) is 22.9 Å². The average molecular weight is 286 g/mol. The van der Waals surface area contributed by atoms with E-state index in [0.29, 0.717) is 13.1 Å². The van der Waals surface area contributed by atoms with E-state index in [1.165, 1.54) is 0 Å². The third-order valence-corrected chi connectivity index (χ3v) is 2.48. The molecule has 0 bridgehead atoms. The van der Waals surface area contributed by atoms with Crippen molar-refractivity contribution < 1.29 is 9.85 Å². The lowest BCUT2D eigenvalue weighted by atomic mass is 10.3. The van der Waals surface area contributed by atoms with E-state index < -0.39 is 21.2 Å². The maximum Gasteiger partial charge on any atom is 0.363 e. The fraction of sp³-hybridized carbons (Fsp3) is 0.667. The quantitative estimate of drug-likeness (QED) is 0.260. The molecule has 0 aliphatic rings. The molecule has 8 nitrogen and oxygen atoms in total. The number of nitro groups is 2. The van der Waals surface area contributed by atoms with Gasteiger partial charge in [-0.15, -0.1) is 0 Å². The lowest BCUT2D eigenvalue weighted by Crippen LogP contribution is -2.18. The highest BCUT2D eigenvalue weighted by molar-refractivity contribution is 5.17. The van der Waals surface area contributed by atoms with Crippen molar-refractivity contribution in [2.75, 3.05) is 13.1 Å². The smallest absolute Gasteiger partial charge is 0.363 e. The van der Waals surface area contributed by atoms with E-state index in [0.717, 1.165) is 38.1 Å². The lowest BCUT2D eigenvalue weighted by Gasteiger charge is -2.01. The van der Waals surface area contributed by atoms with E-state index in [4.69, 9.17) is 0 Å². The van der Waals surface area contributed by atoms with Crippen molar-refractivity contribution in [1.29, 1.82) is 0 Å². The Balaban J connectivity index is 4.86. The van der Waals surface area contributed by atoms with E-state index in [2.05, 4.69) is 10.6 Å². The first-order valence-electron chi connectivity index (χ1n) is 6.70. The van der Waals surface area contributed by atoms with Crippen molar-refractivity contribution in [2.24, 2.45) is 0 Å². The highest BCUT2D eigenvalue weighted by atomic mass is 16.6. The summed E-state index contributed by atoms with van der Waals surface area (Å²) in [5, 5.41) is 27.3. The van der Waals surface area contributed by atoms with Crippen LogP contribution in [0.5, 0.6) is 0 Å². The largest absolute Gasteiger partial charge is 0.385 e. The molecule has 0 saturated heterocycles. The Kier molecular flexibility index (Phi) is 9.63. The molecule has 2 N–H and O–H groups in total. The number of rotatable bonds is 11. The Morgan fingerprint density at radius 2 is 1.25 bits per heavy atom. The van der Waals surface area contributed by atoms with E-state index in [1.807, 2.05) is 13.8 Å². The van der Waals surface area contributed by atoms with Gasteiger partial charge in [0.1, 0.15) is 0 Å². The van der Waals surface area contributed by atoms with Crippen molar-refractivity contribution in [3.05, 3.63) is 44.0 Å². The molecule has 0 spiro atoms. The van der Waals surface area contributed by atoms with Crippen LogP contribution >= 0.6 is 0 Å². The van der Waals surface area contributed by atoms with Crippen molar-refractivity contribution in [2.45, 2.75) is 39.5 Å². The standard InChI is InChI=1S/C12H22N4O4/c1-3-5-7-13-9-11(15(17)18)12(16(19)20)10-14-8-6-4-2/h9-10,13-14H,3-8H2,1-2H3/b11-9+,12-10+. The van der Waals surface area contributed by atoms with Crippen LogP contribution in [0.4, 0.5) is 0 Å². The van der Waals surface area contributed by atoms with Crippen LogP contribution in [-0.2, 0) is 0 Å². The second kappa shape index (κ2) is 10.8. The van der Waals surface area contributed by atoms with Gasteiger partial charge in [-0.25, -0.2) is 0 Å². The molecule has 114 valence electrons.